The second-order valence-electron chi connectivity index (χ2n) is 8.39. The number of aromatic nitrogens is 2. The van der Waals surface area contributed by atoms with Gasteiger partial charge in [-0.15, -0.1) is 0 Å². The number of ether oxygens (including phenoxy) is 2. The first-order valence-electron chi connectivity index (χ1n) is 10.6. The number of carbonyl (C=O) groups is 1. The van der Waals surface area contributed by atoms with Gasteiger partial charge in [-0.1, -0.05) is 12.1 Å². The van der Waals surface area contributed by atoms with E-state index in [1.165, 1.54) is 0 Å². The van der Waals surface area contributed by atoms with Crippen LogP contribution in [0.3, 0.4) is 0 Å². The van der Waals surface area contributed by atoms with E-state index in [9.17, 15) is 4.79 Å². The lowest BCUT2D eigenvalue weighted by atomic mass is 9.73. The average molecular weight is 411 g/mol. The SMILES string of the molecule is COc1cccc(CC2(C(=O)NCC3CCOCC3)CN(c3ccnc(C)n3)C2)c1. The highest BCUT2D eigenvalue weighted by Gasteiger charge is 2.49. The standard InChI is InChI=1S/C23H30N4O3/c1-17-24-9-6-21(26-17)27-15-23(16-27,13-19-4-3-5-20(12-19)29-2)22(28)25-14-18-7-10-30-11-8-18/h3-6,9,12,18H,7-8,10-11,13-16H2,1-2H3,(H,25,28). The van der Waals surface area contributed by atoms with E-state index >= 15 is 0 Å². The van der Waals surface area contributed by atoms with Gasteiger partial charge in [0, 0.05) is 39.0 Å². The first-order chi connectivity index (χ1) is 14.6. The highest BCUT2D eigenvalue weighted by Crippen LogP contribution is 2.37. The molecule has 2 aliphatic rings. The van der Waals surface area contributed by atoms with Crippen molar-refractivity contribution in [2.45, 2.75) is 26.2 Å². The van der Waals surface area contributed by atoms with E-state index in [-0.39, 0.29) is 5.91 Å². The molecule has 3 heterocycles. The van der Waals surface area contributed by atoms with Crippen LogP contribution >= 0.6 is 0 Å². The lowest BCUT2D eigenvalue weighted by Crippen LogP contribution is -2.65. The molecule has 1 N–H and O–H groups in total. The summed E-state index contributed by atoms with van der Waals surface area (Å²) in [5, 5.41) is 3.24. The lowest BCUT2D eigenvalue weighted by Gasteiger charge is -2.49. The van der Waals surface area contributed by atoms with Crippen LogP contribution in [-0.2, 0) is 16.0 Å². The molecule has 7 nitrogen and oxygen atoms in total. The van der Waals surface area contributed by atoms with Crippen molar-refractivity contribution < 1.29 is 14.3 Å². The van der Waals surface area contributed by atoms with Crippen molar-refractivity contribution >= 4 is 11.7 Å². The Morgan fingerprint density at radius 2 is 2.10 bits per heavy atom. The van der Waals surface area contributed by atoms with Gasteiger partial charge < -0.3 is 19.7 Å². The normalized spacial score (nSPS) is 18.5. The number of benzene rings is 1. The molecule has 30 heavy (non-hydrogen) atoms. The monoisotopic (exact) mass is 410 g/mol. The summed E-state index contributed by atoms with van der Waals surface area (Å²) < 4.78 is 10.8. The van der Waals surface area contributed by atoms with Gasteiger partial charge in [-0.2, -0.15) is 0 Å². The maximum Gasteiger partial charge on any atom is 0.230 e. The summed E-state index contributed by atoms with van der Waals surface area (Å²) in [4.78, 5) is 24.2. The quantitative estimate of drug-likeness (QED) is 0.755. The van der Waals surface area contributed by atoms with E-state index < -0.39 is 5.41 Å². The molecule has 0 radical (unpaired) electrons. The molecule has 160 valence electrons. The van der Waals surface area contributed by atoms with Crippen molar-refractivity contribution in [2.24, 2.45) is 11.3 Å². The van der Waals surface area contributed by atoms with Gasteiger partial charge in [0.25, 0.3) is 0 Å². The molecule has 0 aliphatic carbocycles. The Labute approximate surface area is 177 Å². The van der Waals surface area contributed by atoms with Crippen LogP contribution in [0, 0.1) is 18.3 Å². The minimum Gasteiger partial charge on any atom is -0.497 e. The molecule has 7 heteroatoms. The summed E-state index contributed by atoms with van der Waals surface area (Å²) in [6, 6.07) is 9.89. The maximum absolute atomic E-state index is 13.4. The molecular formula is C23H30N4O3. The smallest absolute Gasteiger partial charge is 0.230 e. The van der Waals surface area contributed by atoms with Crippen LogP contribution in [0.1, 0.15) is 24.2 Å². The number of hydrogen-bond acceptors (Lipinski definition) is 6. The van der Waals surface area contributed by atoms with Crippen LogP contribution in [0.25, 0.3) is 0 Å². The zero-order chi connectivity index (χ0) is 21.0. The van der Waals surface area contributed by atoms with Crippen LogP contribution in [0.4, 0.5) is 5.82 Å². The van der Waals surface area contributed by atoms with E-state index in [4.69, 9.17) is 9.47 Å². The second-order valence-corrected chi connectivity index (χ2v) is 8.39. The van der Waals surface area contributed by atoms with E-state index in [0.717, 1.165) is 49.0 Å². The van der Waals surface area contributed by atoms with Gasteiger partial charge in [-0.25, -0.2) is 9.97 Å². The van der Waals surface area contributed by atoms with Crippen molar-refractivity contribution in [3.8, 4) is 5.75 Å². The molecular weight excluding hydrogens is 380 g/mol. The van der Waals surface area contributed by atoms with Crippen molar-refractivity contribution in [3.05, 3.63) is 47.9 Å². The largest absolute Gasteiger partial charge is 0.497 e. The molecule has 4 rings (SSSR count). The molecule has 1 amide bonds. The lowest BCUT2D eigenvalue weighted by molar-refractivity contribution is -0.133. The van der Waals surface area contributed by atoms with Crippen molar-refractivity contribution in [3.63, 3.8) is 0 Å². The number of nitrogens with one attached hydrogen (secondary N) is 1. The number of nitrogens with zero attached hydrogens (tertiary/aromatic N) is 3. The van der Waals surface area contributed by atoms with Gasteiger partial charge in [-0.3, -0.25) is 4.79 Å². The molecule has 0 spiro atoms. The Bertz CT molecular complexity index is 876. The van der Waals surface area contributed by atoms with Gasteiger partial charge >= 0.3 is 0 Å². The third-order valence-corrected chi connectivity index (χ3v) is 6.12. The second kappa shape index (κ2) is 9.00. The van der Waals surface area contributed by atoms with Crippen molar-refractivity contribution in [2.75, 3.05) is 44.9 Å². The Hall–Kier alpha value is -2.67. The highest BCUT2D eigenvalue weighted by atomic mass is 16.5. The Morgan fingerprint density at radius 1 is 1.30 bits per heavy atom. The number of amides is 1. The van der Waals surface area contributed by atoms with E-state index in [1.807, 2.05) is 31.2 Å². The summed E-state index contributed by atoms with van der Waals surface area (Å²) in [6.45, 7) is 5.45. The molecule has 2 aromatic rings. The number of carbonyl (C=O) groups excluding carboxylic acids is 1. The number of anilines is 1. The topological polar surface area (TPSA) is 76.6 Å². The predicted octanol–water partition coefficient (Wildman–Crippen LogP) is 2.39. The summed E-state index contributed by atoms with van der Waals surface area (Å²) in [6.07, 6.45) is 4.46. The van der Waals surface area contributed by atoms with Crippen molar-refractivity contribution in [1.29, 1.82) is 0 Å². The van der Waals surface area contributed by atoms with Gasteiger partial charge in [-0.05, 0) is 55.9 Å². The van der Waals surface area contributed by atoms with Crippen LogP contribution in [0.15, 0.2) is 36.5 Å². The van der Waals surface area contributed by atoms with Crippen LogP contribution in [0.2, 0.25) is 0 Å². The molecule has 0 bridgehead atoms. The third-order valence-electron chi connectivity index (χ3n) is 6.12. The van der Waals surface area contributed by atoms with Crippen LogP contribution < -0.4 is 15.0 Å². The minimum atomic E-state index is -0.476. The Kier molecular flexibility index (Phi) is 6.18. The Balaban J connectivity index is 1.48. The van der Waals surface area contributed by atoms with Crippen LogP contribution in [-0.4, -0.2) is 55.8 Å². The number of hydrogen-bond donors (Lipinski definition) is 1. The minimum absolute atomic E-state index is 0.124. The average Bonchev–Trinajstić information content (AvgIpc) is 2.75. The number of rotatable bonds is 7. The molecule has 0 saturated carbocycles. The van der Waals surface area contributed by atoms with Crippen molar-refractivity contribution in [1.82, 2.24) is 15.3 Å². The Morgan fingerprint density at radius 3 is 2.83 bits per heavy atom. The summed E-state index contributed by atoms with van der Waals surface area (Å²) in [7, 11) is 1.66. The fourth-order valence-corrected chi connectivity index (χ4v) is 4.35. The first kappa shape index (κ1) is 20.6. The van der Waals surface area contributed by atoms with E-state index in [1.54, 1.807) is 13.3 Å². The number of methoxy groups -OCH3 is 1. The van der Waals surface area contributed by atoms with Crippen LogP contribution in [0.5, 0.6) is 5.75 Å². The molecule has 0 atom stereocenters. The van der Waals surface area contributed by atoms with Gasteiger partial charge in [0.15, 0.2) is 0 Å². The summed E-state index contributed by atoms with van der Waals surface area (Å²) >= 11 is 0. The summed E-state index contributed by atoms with van der Waals surface area (Å²) in [5.74, 6) is 3.05. The predicted molar refractivity (Wildman–Crippen MR) is 115 cm³/mol. The van der Waals surface area contributed by atoms with Gasteiger partial charge in [0.2, 0.25) is 5.91 Å². The molecule has 2 aliphatic heterocycles. The fourth-order valence-electron chi connectivity index (χ4n) is 4.35. The molecule has 1 aromatic heterocycles. The molecule has 2 fully saturated rings. The third kappa shape index (κ3) is 4.56. The molecule has 0 unspecified atom stereocenters. The maximum atomic E-state index is 13.4. The fraction of sp³-hybridized carbons (Fsp3) is 0.522. The van der Waals surface area contributed by atoms with E-state index in [0.29, 0.717) is 32.0 Å². The first-order valence-corrected chi connectivity index (χ1v) is 10.6. The van der Waals surface area contributed by atoms with Gasteiger partial charge in [0.1, 0.15) is 17.4 Å². The molecule has 2 saturated heterocycles. The number of aryl methyl sites for hydroxylation is 1. The zero-order valence-corrected chi connectivity index (χ0v) is 17.8. The molecule has 1 aromatic carbocycles. The highest BCUT2D eigenvalue weighted by molar-refractivity contribution is 5.86. The van der Waals surface area contributed by atoms with E-state index in [2.05, 4.69) is 26.3 Å². The zero-order valence-electron chi connectivity index (χ0n) is 17.8. The van der Waals surface area contributed by atoms with Gasteiger partial charge in [0.05, 0.1) is 12.5 Å². The summed E-state index contributed by atoms with van der Waals surface area (Å²) in [5.41, 5.74) is 0.630.